The highest BCUT2D eigenvalue weighted by Gasteiger charge is 2.33. The Bertz CT molecular complexity index is 1580. The highest BCUT2D eigenvalue weighted by molar-refractivity contribution is 6.29. The molecular formula is C28H22ClF5N4O. The lowest BCUT2D eigenvalue weighted by atomic mass is 10.0. The van der Waals surface area contributed by atoms with Gasteiger partial charge in [-0.2, -0.15) is 13.2 Å². The van der Waals surface area contributed by atoms with Gasteiger partial charge in [-0.15, -0.1) is 0 Å². The van der Waals surface area contributed by atoms with Crippen LogP contribution in [0.2, 0.25) is 5.15 Å². The molecule has 3 heterocycles. The molecule has 2 aromatic heterocycles. The van der Waals surface area contributed by atoms with Gasteiger partial charge in [0.1, 0.15) is 5.15 Å². The molecule has 1 aliphatic rings. The first-order chi connectivity index (χ1) is 18.6. The Morgan fingerprint density at radius 2 is 1.90 bits per heavy atom. The number of halogens is 6. The first-order valence-corrected chi connectivity index (χ1v) is 12.4. The van der Waals surface area contributed by atoms with Crippen LogP contribution in [0.4, 0.5) is 26.7 Å². The second-order valence-corrected chi connectivity index (χ2v) is 9.58. The van der Waals surface area contributed by atoms with Crippen molar-refractivity contribution in [3.05, 3.63) is 106 Å². The molecule has 0 fully saturated rings. The fourth-order valence-electron chi connectivity index (χ4n) is 4.74. The summed E-state index contributed by atoms with van der Waals surface area (Å²) in [6.07, 6.45) is 0.854. The Morgan fingerprint density at radius 3 is 2.64 bits per heavy atom. The van der Waals surface area contributed by atoms with Gasteiger partial charge < -0.3 is 5.32 Å². The summed E-state index contributed by atoms with van der Waals surface area (Å²) in [5.74, 6) is -1.86. The zero-order valence-electron chi connectivity index (χ0n) is 20.4. The molecule has 1 aliphatic heterocycles. The van der Waals surface area contributed by atoms with Gasteiger partial charge in [-0.3, -0.25) is 9.47 Å². The van der Waals surface area contributed by atoms with Gasteiger partial charge in [0, 0.05) is 49.9 Å². The molecule has 39 heavy (non-hydrogen) atoms. The Kier molecular flexibility index (Phi) is 7.42. The quantitative estimate of drug-likeness (QED) is 0.215. The summed E-state index contributed by atoms with van der Waals surface area (Å²) in [5, 5.41) is 3.60. The van der Waals surface area contributed by atoms with E-state index < -0.39 is 29.4 Å². The van der Waals surface area contributed by atoms with E-state index in [-0.39, 0.29) is 17.2 Å². The number of hydrogen-bond acceptors (Lipinski definition) is 3. The lowest BCUT2D eigenvalue weighted by Crippen LogP contribution is -2.34. The summed E-state index contributed by atoms with van der Waals surface area (Å²) < 4.78 is 68.6. The number of alkyl halides is 3. The second-order valence-electron chi connectivity index (χ2n) is 9.20. The number of rotatable bonds is 5. The van der Waals surface area contributed by atoms with Gasteiger partial charge >= 0.3 is 12.2 Å². The maximum Gasteiger partial charge on any atom is 0.416 e. The number of aromatic nitrogens is 2. The van der Waals surface area contributed by atoms with Crippen LogP contribution in [-0.2, 0) is 25.7 Å². The van der Waals surface area contributed by atoms with Crippen molar-refractivity contribution in [3.8, 4) is 0 Å². The maximum atomic E-state index is 13.5. The molecule has 0 atom stereocenters. The van der Waals surface area contributed by atoms with Crippen molar-refractivity contribution in [2.24, 2.45) is 0 Å². The topological polar surface area (TPSA) is 50.2 Å². The number of carbonyl (C=O) groups is 1. The van der Waals surface area contributed by atoms with Crippen LogP contribution >= 0.6 is 11.6 Å². The van der Waals surface area contributed by atoms with Crippen molar-refractivity contribution in [1.29, 1.82) is 0 Å². The van der Waals surface area contributed by atoms with Crippen molar-refractivity contribution < 1.29 is 26.7 Å². The summed E-state index contributed by atoms with van der Waals surface area (Å²) in [4.78, 5) is 19.3. The van der Waals surface area contributed by atoms with Crippen LogP contribution in [0, 0.1) is 11.6 Å². The summed E-state index contributed by atoms with van der Waals surface area (Å²) >= 11 is 5.91. The molecule has 1 amide bonds. The third kappa shape index (κ3) is 5.81. The maximum absolute atomic E-state index is 13.5. The molecule has 5 rings (SSSR count). The summed E-state index contributed by atoms with van der Waals surface area (Å²) in [6, 6.07) is 9.79. The molecule has 0 unspecified atom stereocenters. The van der Waals surface area contributed by atoms with Gasteiger partial charge in [-0.1, -0.05) is 35.9 Å². The summed E-state index contributed by atoms with van der Waals surface area (Å²) in [5.41, 5.74) is 1.97. The first-order valence-electron chi connectivity index (χ1n) is 12.1. The average molecular weight is 561 g/mol. The number of hydrogen-bond donors (Lipinski definition) is 1. The lowest BCUT2D eigenvalue weighted by molar-refractivity contribution is -0.137. The SMILES string of the molecule is O=C(NCc1ccnc(Cl)c1)n1c2c(c3ccc(C(F)(F)F)cc31)CN(C/C=C/c1ccc(F)c(F)c1)CC2. The summed E-state index contributed by atoms with van der Waals surface area (Å²) in [6.45, 7) is 1.54. The van der Waals surface area contributed by atoms with Crippen LogP contribution in [0.5, 0.6) is 0 Å². The van der Waals surface area contributed by atoms with Gasteiger partial charge in [0.2, 0.25) is 0 Å². The molecule has 4 aromatic rings. The third-order valence-corrected chi connectivity index (χ3v) is 6.82. The number of carbonyl (C=O) groups excluding carboxylic acids is 1. The Hall–Kier alpha value is -3.76. The van der Waals surface area contributed by atoms with E-state index in [2.05, 4.69) is 15.2 Å². The predicted octanol–water partition coefficient (Wildman–Crippen LogP) is 6.82. The van der Waals surface area contributed by atoms with E-state index >= 15 is 0 Å². The van der Waals surface area contributed by atoms with Crippen LogP contribution in [-0.4, -0.2) is 33.6 Å². The second kappa shape index (κ2) is 10.8. The first kappa shape index (κ1) is 26.8. The normalized spacial score (nSPS) is 14.2. The van der Waals surface area contributed by atoms with E-state index in [1.165, 1.54) is 22.9 Å². The zero-order chi connectivity index (χ0) is 27.7. The van der Waals surface area contributed by atoms with E-state index in [0.717, 1.165) is 29.8 Å². The largest absolute Gasteiger partial charge is 0.416 e. The number of amides is 1. The minimum atomic E-state index is -4.56. The minimum absolute atomic E-state index is 0.120. The summed E-state index contributed by atoms with van der Waals surface area (Å²) in [7, 11) is 0. The average Bonchev–Trinajstić information content (AvgIpc) is 3.22. The smallest absolute Gasteiger partial charge is 0.333 e. The Morgan fingerprint density at radius 1 is 1.08 bits per heavy atom. The minimum Gasteiger partial charge on any atom is -0.333 e. The van der Waals surface area contributed by atoms with Crippen LogP contribution in [0.1, 0.15) is 27.9 Å². The Balaban J connectivity index is 1.42. The van der Waals surface area contributed by atoms with Gasteiger partial charge in [0.25, 0.3) is 0 Å². The number of nitrogens with zero attached hydrogens (tertiary/aromatic N) is 3. The van der Waals surface area contributed by atoms with Gasteiger partial charge in [-0.25, -0.2) is 18.6 Å². The van der Waals surface area contributed by atoms with Crippen molar-refractivity contribution >= 4 is 34.6 Å². The van der Waals surface area contributed by atoms with Crippen LogP contribution < -0.4 is 5.32 Å². The molecule has 11 heteroatoms. The molecular weight excluding hydrogens is 539 g/mol. The molecule has 1 N–H and O–H groups in total. The third-order valence-electron chi connectivity index (χ3n) is 6.61. The van der Waals surface area contributed by atoms with Crippen molar-refractivity contribution in [3.63, 3.8) is 0 Å². The lowest BCUT2D eigenvalue weighted by Gasteiger charge is -2.27. The predicted molar refractivity (Wildman–Crippen MR) is 138 cm³/mol. The molecule has 0 spiro atoms. The van der Waals surface area contributed by atoms with Gasteiger partial charge in [0.15, 0.2) is 11.6 Å². The number of pyridine rings is 1. The van der Waals surface area contributed by atoms with Crippen LogP contribution in [0.15, 0.2) is 60.8 Å². The van der Waals surface area contributed by atoms with Gasteiger partial charge in [0.05, 0.1) is 11.1 Å². The van der Waals surface area contributed by atoms with Crippen molar-refractivity contribution in [1.82, 2.24) is 19.8 Å². The van der Waals surface area contributed by atoms with Crippen molar-refractivity contribution in [2.45, 2.75) is 25.7 Å². The Labute approximate surface area is 225 Å². The van der Waals surface area contributed by atoms with Gasteiger partial charge in [-0.05, 0) is 53.1 Å². The molecule has 0 bridgehead atoms. The molecule has 0 aliphatic carbocycles. The molecule has 202 valence electrons. The zero-order valence-corrected chi connectivity index (χ0v) is 21.2. The van der Waals surface area contributed by atoms with E-state index in [1.807, 2.05) is 6.08 Å². The van der Waals surface area contributed by atoms with Crippen LogP contribution in [0.3, 0.4) is 0 Å². The monoisotopic (exact) mass is 560 g/mol. The van der Waals surface area contributed by atoms with E-state index in [0.29, 0.717) is 48.3 Å². The van der Waals surface area contributed by atoms with Crippen LogP contribution in [0.25, 0.3) is 17.0 Å². The molecule has 0 saturated heterocycles. The van der Waals surface area contributed by atoms with E-state index in [1.54, 1.807) is 18.2 Å². The molecule has 0 radical (unpaired) electrons. The van der Waals surface area contributed by atoms with E-state index in [9.17, 15) is 26.7 Å². The highest BCUT2D eigenvalue weighted by Crippen LogP contribution is 2.36. The molecule has 2 aromatic carbocycles. The number of fused-ring (bicyclic) bond motifs is 3. The van der Waals surface area contributed by atoms with E-state index in [4.69, 9.17) is 11.6 Å². The molecule has 0 saturated carbocycles. The number of nitrogens with one attached hydrogen (secondary N) is 1. The fraction of sp³-hybridized carbons (Fsp3) is 0.214. The standard InChI is InChI=1S/C28H22ClF5N4O/c29-26-13-18(7-9-35-26)15-36-27(39)38-24-8-11-37(10-1-2-17-3-6-22(30)23(31)12-17)16-21(24)20-5-4-19(14-25(20)38)28(32,33)34/h1-7,9,12-14H,8,10-11,15-16H2,(H,36,39)/b2-1+. The van der Waals surface area contributed by atoms with Crippen molar-refractivity contribution in [2.75, 3.05) is 13.1 Å². The molecule has 5 nitrogen and oxygen atoms in total. The number of benzene rings is 2. The fourth-order valence-corrected chi connectivity index (χ4v) is 4.94. The highest BCUT2D eigenvalue weighted by atomic mass is 35.5.